The van der Waals surface area contributed by atoms with Crippen molar-refractivity contribution < 1.29 is 122 Å². The minimum absolute atomic E-state index is 0.150. The Balaban J connectivity index is 1.02. The molecule has 36 heteroatoms. The third-order valence-corrected chi connectivity index (χ3v) is 20.7. The van der Waals surface area contributed by atoms with Gasteiger partial charge in [0.25, 0.3) is 0 Å². The monoisotopic (exact) mass is 1560 g/mol. The van der Waals surface area contributed by atoms with E-state index in [1.54, 1.807) is 6.92 Å². The van der Waals surface area contributed by atoms with E-state index in [1.807, 2.05) is 0 Å². The Morgan fingerprint density at radius 1 is 0.587 bits per heavy atom. The standard InChI is InChI=1S/C73H66Cl2N8O25S/c1-28-3-9-39(10-4-28)109(102,103)83-58-32-7-12-46(89)50(21-32)104-38-18-34(17-36(86)24-38)56-68(96)80-57-35-22-51(105-48-13-5-30(15-42(48)74)16-44(66(94)78-56)77-70(58)98)62(91)52(23-35)106-49-14-8-33(20-43(49)75)65(108-73-60(76-29(2)85)64(93)63(92)53(27-84)107-73)61-71(99)81-59(72(100)101)41-25-37(87)26-47(90)54(41)40-19-31(6-11-45(40)88)55(67(95)82-61)79-69(57)97/h3-15,17-26,44,53,55-61,63-65,69,73,79,83-84,86-93,97H,16,27H2,1-2H3,(H,76,85)(H,77,98)(H,78,94)(H,80,96)(H,81,99)(H,82,95)(H,100,101)/t44-,53-,55-,56+,57-,58-,59-,60-,61-,63-,64-,65-,69?,73+/m1/s1. The summed E-state index contributed by atoms with van der Waals surface area (Å²) in [5, 5.41) is 144. The molecular formula is C73H66Cl2N8O25S. The number of fused-ring (bicyclic) bond motifs is 14. The number of phenolic OH excluding ortho intramolecular Hbond substituents is 6. The molecule has 15 rings (SSSR count). The molecule has 109 heavy (non-hydrogen) atoms. The first-order chi connectivity index (χ1) is 51.8. The van der Waals surface area contributed by atoms with Gasteiger partial charge in [0, 0.05) is 42.2 Å². The minimum Gasteiger partial charge on any atom is -0.508 e. The number of hydrogen-bond acceptors (Lipinski definition) is 25. The highest BCUT2D eigenvalue weighted by molar-refractivity contribution is 7.89. The third-order valence-electron chi connectivity index (χ3n) is 18.7. The lowest BCUT2D eigenvalue weighted by Gasteiger charge is -2.44. The van der Waals surface area contributed by atoms with Gasteiger partial charge in [0.1, 0.15) is 107 Å². The predicted octanol–water partition coefficient (Wildman–Crippen LogP) is 4.07. The molecule has 0 aromatic heterocycles. The minimum atomic E-state index is -4.65. The second-order valence-electron chi connectivity index (χ2n) is 26.2. The lowest BCUT2D eigenvalue weighted by molar-refractivity contribution is -0.284. The molecule has 17 bridgehead atoms. The van der Waals surface area contributed by atoms with E-state index >= 15 is 24.0 Å². The summed E-state index contributed by atoms with van der Waals surface area (Å²) in [6.07, 6.45) is -12.9. The number of nitrogens with one attached hydrogen (secondary N) is 8. The maximum Gasteiger partial charge on any atom is 0.330 e. The van der Waals surface area contributed by atoms with Crippen LogP contribution in [0.3, 0.4) is 0 Å². The Labute approximate surface area is 626 Å². The second kappa shape index (κ2) is 30.3. The quantitative estimate of drug-likeness (QED) is 0.102. The van der Waals surface area contributed by atoms with E-state index in [4.69, 9.17) is 46.9 Å². The normalized spacial score (nSPS) is 24.9. The zero-order valence-electron chi connectivity index (χ0n) is 56.6. The van der Waals surface area contributed by atoms with Crippen molar-refractivity contribution >= 4 is 74.6 Å². The van der Waals surface area contributed by atoms with Crippen LogP contribution in [0.1, 0.15) is 87.7 Å². The molecule has 6 amide bonds. The lowest BCUT2D eigenvalue weighted by atomic mass is 9.89. The van der Waals surface area contributed by atoms with E-state index in [9.17, 15) is 74.2 Å². The average Bonchev–Trinajstić information content (AvgIpc) is 0.765. The van der Waals surface area contributed by atoms with Crippen LogP contribution >= 0.6 is 23.2 Å². The molecule has 14 atom stereocenters. The van der Waals surface area contributed by atoms with Gasteiger partial charge in [-0.2, -0.15) is 4.72 Å². The number of ether oxygens (including phenoxy) is 5. The van der Waals surface area contributed by atoms with Crippen molar-refractivity contribution in [3.8, 4) is 80.1 Å². The Morgan fingerprint density at radius 3 is 1.91 bits per heavy atom. The van der Waals surface area contributed by atoms with Crippen LogP contribution < -0.4 is 56.2 Å². The number of benzene rings is 8. The smallest absolute Gasteiger partial charge is 0.330 e. The van der Waals surface area contributed by atoms with Crippen LogP contribution in [0.2, 0.25) is 10.0 Å². The summed E-state index contributed by atoms with van der Waals surface area (Å²) in [6.45, 7) is 1.72. The Morgan fingerprint density at radius 2 is 1.23 bits per heavy atom. The van der Waals surface area contributed by atoms with Gasteiger partial charge in [0.05, 0.1) is 27.6 Å². The lowest BCUT2D eigenvalue weighted by Crippen LogP contribution is -2.65. The summed E-state index contributed by atoms with van der Waals surface area (Å²) >= 11 is 14.2. The molecule has 7 aliphatic heterocycles. The number of amides is 6. The molecule has 568 valence electrons. The third kappa shape index (κ3) is 15.5. The van der Waals surface area contributed by atoms with E-state index in [-0.39, 0.29) is 60.5 Å². The van der Waals surface area contributed by atoms with Crippen LogP contribution in [-0.4, -0.2) is 162 Å². The number of rotatable bonds is 8. The van der Waals surface area contributed by atoms with E-state index < -0.39 is 223 Å². The predicted molar refractivity (Wildman–Crippen MR) is 377 cm³/mol. The molecule has 7 aliphatic rings. The van der Waals surface area contributed by atoms with Gasteiger partial charge >= 0.3 is 5.97 Å². The number of carbonyl (C=O) groups excluding carboxylic acids is 6. The van der Waals surface area contributed by atoms with E-state index in [0.29, 0.717) is 5.56 Å². The molecule has 8 aromatic carbocycles. The summed E-state index contributed by atoms with van der Waals surface area (Å²) in [5.74, 6) is -16.4. The van der Waals surface area contributed by atoms with Crippen molar-refractivity contribution in [2.45, 2.75) is 110 Å². The first-order valence-corrected chi connectivity index (χ1v) is 35.4. The number of carboxylic acid groups (broad SMARTS) is 1. The number of carboxylic acids is 1. The van der Waals surface area contributed by atoms with Gasteiger partial charge in [0.15, 0.2) is 35.3 Å². The van der Waals surface area contributed by atoms with Crippen LogP contribution in [0.15, 0.2) is 144 Å². The van der Waals surface area contributed by atoms with Crippen molar-refractivity contribution in [3.05, 3.63) is 194 Å². The summed E-state index contributed by atoms with van der Waals surface area (Å²) in [4.78, 5) is 105. The van der Waals surface area contributed by atoms with Crippen LogP contribution in [0, 0.1) is 6.92 Å². The van der Waals surface area contributed by atoms with Gasteiger partial charge in [-0.15, -0.1) is 0 Å². The van der Waals surface area contributed by atoms with Crippen LogP contribution in [0.25, 0.3) is 11.1 Å². The van der Waals surface area contributed by atoms with Crippen molar-refractivity contribution in [3.63, 3.8) is 0 Å². The number of aryl methyl sites for hydroxylation is 1. The van der Waals surface area contributed by atoms with Gasteiger partial charge in [-0.1, -0.05) is 65.2 Å². The van der Waals surface area contributed by atoms with Crippen LogP contribution in [-0.2, 0) is 59.5 Å². The average molecular weight is 1560 g/mol. The van der Waals surface area contributed by atoms with Gasteiger partial charge in [0.2, 0.25) is 51.2 Å². The van der Waals surface area contributed by atoms with Crippen molar-refractivity contribution in [1.29, 1.82) is 0 Å². The van der Waals surface area contributed by atoms with Gasteiger partial charge in [-0.25, -0.2) is 13.2 Å². The van der Waals surface area contributed by atoms with Crippen LogP contribution in [0.5, 0.6) is 69.0 Å². The van der Waals surface area contributed by atoms with Gasteiger partial charge in [-0.3, -0.25) is 34.1 Å². The fourth-order valence-electron chi connectivity index (χ4n) is 13.3. The van der Waals surface area contributed by atoms with E-state index in [1.165, 1.54) is 54.6 Å². The maximum atomic E-state index is 16.1. The van der Waals surface area contributed by atoms with Crippen molar-refractivity contribution in [2.75, 3.05) is 6.61 Å². The fourth-order valence-corrected chi connectivity index (χ4v) is 14.9. The molecular weight excluding hydrogens is 1490 g/mol. The van der Waals surface area contributed by atoms with E-state index in [2.05, 4.69) is 41.9 Å². The SMILES string of the molecule is CC(=O)N[C@H]1[C@H](O[C@@H]2c3ccc(c(Cl)c3)Oc3cc4cc(c3O)Oc3ccc(cc3Cl)C[C@H]3NC(=O)[C@H](NS(=O)(=O)c5ccc(C)cc5)c5ccc(O)c(c5)Oc5cc(O)cc(c5)[C@H](NC3=O)C(=O)N[C@H]4C(O)N[C@H]3C(=O)N[C@H]2C(=O)N[C@@H](C(=O)O)c2cc(O)cc(O)c2-c2cc3ccc2O)O[C@H](CO)[C@@H](O)[C@@H]1O. The van der Waals surface area contributed by atoms with Crippen LogP contribution in [0.4, 0.5) is 0 Å². The molecule has 8 aromatic rings. The number of hydrogen-bond donors (Lipinski definition) is 19. The number of carbonyl (C=O) groups is 7. The number of phenols is 6. The Hall–Kier alpha value is -11.5. The molecule has 0 aliphatic carbocycles. The zero-order chi connectivity index (χ0) is 77.9. The van der Waals surface area contributed by atoms with Crippen molar-refractivity contribution in [1.82, 2.24) is 41.9 Å². The molecule has 0 spiro atoms. The molecule has 33 nitrogen and oxygen atoms in total. The first-order valence-electron chi connectivity index (χ1n) is 33.2. The topological polar surface area (TPSA) is 519 Å². The van der Waals surface area contributed by atoms with Crippen molar-refractivity contribution in [2.24, 2.45) is 0 Å². The zero-order valence-corrected chi connectivity index (χ0v) is 58.9. The fraction of sp³-hybridized carbons (Fsp3) is 0.247. The van der Waals surface area contributed by atoms with Gasteiger partial charge < -0.3 is 112 Å². The number of aliphatic carboxylic acids is 1. The molecule has 0 radical (unpaired) electrons. The highest BCUT2D eigenvalue weighted by Crippen LogP contribution is 2.49. The molecule has 1 unspecified atom stereocenters. The summed E-state index contributed by atoms with van der Waals surface area (Å²) < 4.78 is 62.3. The Kier molecular flexibility index (Phi) is 21.0. The number of sulfonamides is 1. The van der Waals surface area contributed by atoms with Gasteiger partial charge in [-0.05, 0) is 131 Å². The molecule has 1 saturated heterocycles. The summed E-state index contributed by atoms with van der Waals surface area (Å²) in [7, 11) is -4.65. The Bertz CT molecular complexity index is 5160. The maximum absolute atomic E-state index is 16.1. The number of aliphatic hydroxyl groups is 4. The highest BCUT2D eigenvalue weighted by Gasteiger charge is 2.49. The summed E-state index contributed by atoms with van der Waals surface area (Å²) in [5.41, 5.74) is -2.22. The molecule has 1 fully saturated rings. The second-order valence-corrected chi connectivity index (χ2v) is 28.7. The summed E-state index contributed by atoms with van der Waals surface area (Å²) in [6, 6.07) is 9.57. The molecule has 7 heterocycles. The number of aromatic hydroxyl groups is 6. The highest BCUT2D eigenvalue weighted by atomic mass is 35.5. The molecule has 0 saturated carbocycles. The largest absolute Gasteiger partial charge is 0.508 e. The number of aliphatic hydroxyl groups excluding tert-OH is 4. The van der Waals surface area contributed by atoms with E-state index in [0.717, 1.165) is 91.9 Å². The first kappa shape index (κ1) is 75.7. The molecule has 19 N–H and O–H groups in total. The number of halogens is 2.